The van der Waals surface area contributed by atoms with Crippen LogP contribution in [0, 0.1) is 13.8 Å². The highest BCUT2D eigenvalue weighted by Gasteiger charge is 2.22. The smallest absolute Gasteiger partial charge is 0.272 e. The van der Waals surface area contributed by atoms with Crippen LogP contribution in [0.25, 0.3) is 5.65 Å². The Balaban J connectivity index is 2.02. The van der Waals surface area contributed by atoms with Crippen LogP contribution >= 0.6 is 0 Å². The third kappa shape index (κ3) is 4.00. The molecule has 3 aromatic rings. The van der Waals surface area contributed by atoms with Gasteiger partial charge in [-0.15, -0.1) is 0 Å². The molecular formula is C21H24N4O2. The molecule has 2 amide bonds. The van der Waals surface area contributed by atoms with E-state index >= 15 is 0 Å². The van der Waals surface area contributed by atoms with E-state index < -0.39 is 0 Å². The minimum atomic E-state index is -0.295. The normalized spacial score (nSPS) is 12.0. The van der Waals surface area contributed by atoms with Crippen molar-refractivity contribution in [1.82, 2.24) is 14.7 Å². The van der Waals surface area contributed by atoms with Gasteiger partial charge < -0.3 is 10.6 Å². The number of rotatable bonds is 5. The van der Waals surface area contributed by atoms with Gasteiger partial charge in [-0.1, -0.05) is 30.7 Å². The lowest BCUT2D eigenvalue weighted by Crippen LogP contribution is -2.33. The lowest BCUT2D eigenvalue weighted by Gasteiger charge is -2.12. The summed E-state index contributed by atoms with van der Waals surface area (Å²) in [6.07, 6.45) is 2.66. The number of pyridine rings is 1. The zero-order chi connectivity index (χ0) is 19.6. The van der Waals surface area contributed by atoms with Gasteiger partial charge in [-0.25, -0.2) is 4.98 Å². The van der Waals surface area contributed by atoms with E-state index in [1.54, 1.807) is 16.5 Å². The van der Waals surface area contributed by atoms with Crippen molar-refractivity contribution in [3.05, 3.63) is 65.0 Å². The number of aromatic nitrogens is 2. The lowest BCUT2D eigenvalue weighted by atomic mass is 10.1. The summed E-state index contributed by atoms with van der Waals surface area (Å²) in [5, 5.41) is 5.76. The van der Waals surface area contributed by atoms with Crippen molar-refractivity contribution in [2.24, 2.45) is 0 Å². The van der Waals surface area contributed by atoms with Crippen LogP contribution in [0.3, 0.4) is 0 Å². The summed E-state index contributed by atoms with van der Waals surface area (Å²) in [6.45, 7) is 7.82. The number of carbonyl (C=O) groups is 2. The molecule has 6 nitrogen and oxygen atoms in total. The van der Waals surface area contributed by atoms with Gasteiger partial charge in [0.15, 0.2) is 11.5 Å². The molecule has 1 aromatic carbocycles. The summed E-state index contributed by atoms with van der Waals surface area (Å²) in [4.78, 5) is 30.0. The number of carbonyl (C=O) groups excluding carboxylic acids is 2. The predicted octanol–water partition coefficient (Wildman–Crippen LogP) is 3.73. The average molecular weight is 364 g/mol. The standard InChI is InChI=1S/C21H24N4O2/c1-5-15(4)22-21(27)18-19(23-17-10-9-14(3)12-25(17)18)24-20(26)16-8-6-7-13(2)11-16/h6-12,15H,5H2,1-4H3,(H,22,27)(H,24,26). The van der Waals surface area contributed by atoms with Gasteiger partial charge >= 0.3 is 0 Å². The van der Waals surface area contributed by atoms with Gasteiger partial charge in [-0.3, -0.25) is 14.0 Å². The van der Waals surface area contributed by atoms with Crippen molar-refractivity contribution in [2.75, 3.05) is 5.32 Å². The molecule has 2 heterocycles. The van der Waals surface area contributed by atoms with Crippen molar-refractivity contribution >= 4 is 23.3 Å². The molecule has 0 spiro atoms. The Hall–Kier alpha value is -3.15. The zero-order valence-corrected chi connectivity index (χ0v) is 16.0. The van der Waals surface area contributed by atoms with Gasteiger partial charge in [0.05, 0.1) is 0 Å². The molecule has 0 fully saturated rings. The monoisotopic (exact) mass is 364 g/mol. The van der Waals surface area contributed by atoms with Crippen molar-refractivity contribution in [3.8, 4) is 0 Å². The van der Waals surface area contributed by atoms with Crippen molar-refractivity contribution in [1.29, 1.82) is 0 Å². The number of hydrogen-bond acceptors (Lipinski definition) is 3. The van der Waals surface area contributed by atoms with Crippen molar-refractivity contribution < 1.29 is 9.59 Å². The Bertz CT molecular complexity index is 1010. The zero-order valence-electron chi connectivity index (χ0n) is 16.0. The Kier molecular flexibility index (Phi) is 5.26. The third-order valence-corrected chi connectivity index (χ3v) is 4.48. The maximum Gasteiger partial charge on any atom is 0.272 e. The lowest BCUT2D eigenvalue weighted by molar-refractivity contribution is 0.0934. The number of nitrogens with zero attached hydrogens (tertiary/aromatic N) is 2. The number of benzene rings is 1. The van der Waals surface area contributed by atoms with Crippen molar-refractivity contribution in [2.45, 2.75) is 40.2 Å². The molecule has 2 N–H and O–H groups in total. The Morgan fingerprint density at radius 2 is 1.89 bits per heavy atom. The summed E-state index contributed by atoms with van der Waals surface area (Å²) in [6, 6.07) is 11.1. The van der Waals surface area contributed by atoms with Crippen LogP contribution in [0.1, 0.15) is 52.2 Å². The highest BCUT2D eigenvalue weighted by molar-refractivity contribution is 6.08. The number of nitrogens with one attached hydrogen (secondary N) is 2. The van der Waals surface area contributed by atoms with E-state index in [0.717, 1.165) is 17.5 Å². The maximum absolute atomic E-state index is 12.9. The summed E-state index contributed by atoms with van der Waals surface area (Å²) in [5.74, 6) is -0.300. The first-order valence-corrected chi connectivity index (χ1v) is 9.06. The summed E-state index contributed by atoms with van der Waals surface area (Å²) in [7, 11) is 0. The van der Waals surface area contributed by atoms with Gasteiger partial charge in [-0.2, -0.15) is 0 Å². The van der Waals surface area contributed by atoms with E-state index in [4.69, 9.17) is 0 Å². The van der Waals surface area contributed by atoms with E-state index in [0.29, 0.717) is 16.9 Å². The summed E-state index contributed by atoms with van der Waals surface area (Å²) in [5.41, 5.74) is 3.44. The van der Waals surface area contributed by atoms with Gasteiger partial charge in [0.2, 0.25) is 0 Å². The number of fused-ring (bicyclic) bond motifs is 1. The SMILES string of the molecule is CCC(C)NC(=O)c1c(NC(=O)c2cccc(C)c2)nc2ccc(C)cn12. The van der Waals surface area contributed by atoms with Gasteiger partial charge in [0.25, 0.3) is 11.8 Å². The topological polar surface area (TPSA) is 75.5 Å². The molecule has 0 aliphatic heterocycles. The molecule has 1 unspecified atom stereocenters. The van der Waals surface area contributed by atoms with Crippen LogP contribution in [0.2, 0.25) is 0 Å². The second-order valence-corrected chi connectivity index (χ2v) is 6.85. The Morgan fingerprint density at radius 1 is 1.11 bits per heavy atom. The summed E-state index contributed by atoms with van der Waals surface area (Å²) >= 11 is 0. The molecule has 0 saturated heterocycles. The predicted molar refractivity (Wildman–Crippen MR) is 106 cm³/mol. The van der Waals surface area contributed by atoms with Crippen molar-refractivity contribution in [3.63, 3.8) is 0 Å². The molecule has 0 saturated carbocycles. The van der Waals surface area contributed by atoms with Gasteiger partial charge in [0.1, 0.15) is 5.65 Å². The molecule has 0 radical (unpaired) electrons. The van der Waals surface area contributed by atoms with Crippen LogP contribution in [0.5, 0.6) is 0 Å². The van der Waals surface area contributed by atoms with Crippen LogP contribution in [0.15, 0.2) is 42.6 Å². The van der Waals surface area contributed by atoms with E-state index in [1.165, 1.54) is 0 Å². The Labute approximate surface area is 158 Å². The largest absolute Gasteiger partial charge is 0.348 e. The minimum Gasteiger partial charge on any atom is -0.348 e. The number of amides is 2. The Morgan fingerprint density at radius 3 is 2.59 bits per heavy atom. The minimum absolute atomic E-state index is 0.0215. The number of hydrogen-bond donors (Lipinski definition) is 2. The van der Waals surface area contributed by atoms with E-state index in [-0.39, 0.29) is 23.7 Å². The fraction of sp³-hybridized carbons (Fsp3) is 0.286. The van der Waals surface area contributed by atoms with Crippen LogP contribution < -0.4 is 10.6 Å². The second kappa shape index (κ2) is 7.61. The molecule has 140 valence electrons. The van der Waals surface area contributed by atoms with Crippen LogP contribution in [-0.4, -0.2) is 27.2 Å². The second-order valence-electron chi connectivity index (χ2n) is 6.85. The van der Waals surface area contributed by atoms with Gasteiger partial charge in [-0.05, 0) is 51.0 Å². The highest BCUT2D eigenvalue weighted by atomic mass is 16.2. The number of imidazole rings is 1. The molecule has 0 aliphatic carbocycles. The first kappa shape index (κ1) is 18.6. The molecular weight excluding hydrogens is 340 g/mol. The maximum atomic E-state index is 12.9. The molecule has 0 bridgehead atoms. The first-order chi connectivity index (χ1) is 12.9. The quantitative estimate of drug-likeness (QED) is 0.724. The van der Waals surface area contributed by atoms with Gasteiger partial charge in [0, 0.05) is 17.8 Å². The molecule has 3 rings (SSSR count). The highest BCUT2D eigenvalue weighted by Crippen LogP contribution is 2.20. The van der Waals surface area contributed by atoms with E-state index in [2.05, 4.69) is 15.6 Å². The van der Waals surface area contributed by atoms with E-state index in [9.17, 15) is 9.59 Å². The number of aryl methyl sites for hydroxylation is 2. The molecule has 2 aromatic heterocycles. The fourth-order valence-corrected chi connectivity index (χ4v) is 2.82. The molecule has 1 atom stereocenters. The van der Waals surface area contributed by atoms with Crippen LogP contribution in [0.4, 0.5) is 5.82 Å². The molecule has 6 heteroatoms. The summed E-state index contributed by atoms with van der Waals surface area (Å²) < 4.78 is 1.72. The molecule has 0 aliphatic rings. The molecule has 27 heavy (non-hydrogen) atoms. The average Bonchev–Trinajstić information content (AvgIpc) is 2.98. The van der Waals surface area contributed by atoms with E-state index in [1.807, 2.05) is 58.2 Å². The third-order valence-electron chi connectivity index (χ3n) is 4.48. The number of anilines is 1. The first-order valence-electron chi connectivity index (χ1n) is 9.06. The van der Waals surface area contributed by atoms with Crippen LogP contribution in [-0.2, 0) is 0 Å². The fourth-order valence-electron chi connectivity index (χ4n) is 2.82.